The monoisotopic (exact) mass is 264 g/mol. The van der Waals surface area contributed by atoms with Crippen molar-refractivity contribution in [3.05, 3.63) is 11.1 Å². The minimum Gasteiger partial charge on any atom is -0.302 e. The molecule has 1 aliphatic rings. The first-order valence-electron chi connectivity index (χ1n) is 5.74. The predicted octanol–water partition coefficient (Wildman–Crippen LogP) is 2.72. The average Bonchev–Trinajstić information content (AvgIpc) is 2.97. The van der Waals surface area contributed by atoms with Crippen LogP contribution in [-0.2, 0) is 4.79 Å². The van der Waals surface area contributed by atoms with Crippen molar-refractivity contribution >= 4 is 30.4 Å². The van der Waals surface area contributed by atoms with Crippen molar-refractivity contribution in [1.82, 2.24) is 4.98 Å². The highest BCUT2D eigenvalue weighted by Crippen LogP contribution is 2.30. The van der Waals surface area contributed by atoms with Crippen LogP contribution >= 0.6 is 11.3 Å². The molecule has 90 valence electrons. The molecule has 0 aliphatic heterocycles. The molecule has 1 amide bonds. The maximum Gasteiger partial charge on any atom is 0.229 e. The number of thiazole rings is 1. The van der Waals surface area contributed by atoms with Crippen molar-refractivity contribution in [3.8, 4) is 11.5 Å². The van der Waals surface area contributed by atoms with E-state index in [9.17, 15) is 4.79 Å². The number of carbonyl (C=O) groups is 1. The van der Waals surface area contributed by atoms with E-state index in [1.54, 1.807) is 6.20 Å². The van der Waals surface area contributed by atoms with Gasteiger partial charge < -0.3 is 5.32 Å². The van der Waals surface area contributed by atoms with Crippen molar-refractivity contribution in [2.45, 2.75) is 32.5 Å². The standard InChI is InChI=1S/C12H16N2OSSi/c1-17(2,3)7-6-10-8-13-12(16-10)14-11(15)9-4-5-9/h8-9H,4-5H2,1-3H3,(H,13,14,15). The molecule has 1 aromatic heterocycles. The molecule has 1 heterocycles. The van der Waals surface area contributed by atoms with Crippen LogP contribution in [0.15, 0.2) is 6.20 Å². The fourth-order valence-electron chi connectivity index (χ4n) is 1.19. The number of hydrogen-bond acceptors (Lipinski definition) is 3. The lowest BCUT2D eigenvalue weighted by Gasteiger charge is -2.02. The van der Waals surface area contributed by atoms with Crippen LogP contribution in [0, 0.1) is 17.4 Å². The molecule has 17 heavy (non-hydrogen) atoms. The second-order valence-corrected chi connectivity index (χ2v) is 11.1. The average molecular weight is 264 g/mol. The fraction of sp³-hybridized carbons (Fsp3) is 0.500. The highest BCUT2D eigenvalue weighted by molar-refractivity contribution is 7.16. The van der Waals surface area contributed by atoms with Crippen LogP contribution in [0.1, 0.15) is 17.7 Å². The van der Waals surface area contributed by atoms with Crippen molar-refractivity contribution in [3.63, 3.8) is 0 Å². The van der Waals surface area contributed by atoms with Gasteiger partial charge in [0.2, 0.25) is 5.91 Å². The van der Waals surface area contributed by atoms with E-state index in [1.807, 2.05) is 0 Å². The van der Waals surface area contributed by atoms with Crippen molar-refractivity contribution in [2.75, 3.05) is 5.32 Å². The summed E-state index contributed by atoms with van der Waals surface area (Å²) >= 11 is 1.45. The molecule has 0 atom stereocenters. The molecule has 0 radical (unpaired) electrons. The highest BCUT2D eigenvalue weighted by Gasteiger charge is 2.30. The largest absolute Gasteiger partial charge is 0.302 e. The Balaban J connectivity index is 1.99. The summed E-state index contributed by atoms with van der Waals surface area (Å²) in [4.78, 5) is 16.6. The van der Waals surface area contributed by atoms with Crippen molar-refractivity contribution in [2.24, 2.45) is 5.92 Å². The van der Waals surface area contributed by atoms with E-state index in [-0.39, 0.29) is 11.8 Å². The third kappa shape index (κ3) is 3.99. The minimum absolute atomic E-state index is 0.101. The van der Waals surface area contributed by atoms with Gasteiger partial charge in [0.1, 0.15) is 8.07 Å². The third-order valence-corrected chi connectivity index (χ3v) is 3.95. The lowest BCUT2D eigenvalue weighted by Crippen LogP contribution is -2.16. The molecule has 2 rings (SSSR count). The van der Waals surface area contributed by atoms with Gasteiger partial charge in [-0.25, -0.2) is 4.98 Å². The van der Waals surface area contributed by atoms with Gasteiger partial charge in [0.15, 0.2) is 5.13 Å². The van der Waals surface area contributed by atoms with Gasteiger partial charge in [-0.1, -0.05) is 36.9 Å². The lowest BCUT2D eigenvalue weighted by atomic mass is 10.4. The van der Waals surface area contributed by atoms with Crippen LogP contribution in [0.2, 0.25) is 19.6 Å². The molecule has 3 nitrogen and oxygen atoms in total. The Morgan fingerprint density at radius 1 is 1.53 bits per heavy atom. The molecule has 1 aromatic rings. The van der Waals surface area contributed by atoms with E-state index >= 15 is 0 Å². The smallest absolute Gasteiger partial charge is 0.229 e. The van der Waals surface area contributed by atoms with Gasteiger partial charge in [0, 0.05) is 5.92 Å². The van der Waals surface area contributed by atoms with E-state index in [2.05, 4.69) is 41.4 Å². The molecule has 1 saturated carbocycles. The second kappa shape index (κ2) is 4.63. The number of hydrogen-bond donors (Lipinski definition) is 1. The summed E-state index contributed by atoms with van der Waals surface area (Å²) in [5.74, 6) is 3.46. The molecule has 1 fully saturated rings. The molecule has 5 heteroatoms. The zero-order valence-electron chi connectivity index (χ0n) is 10.3. The summed E-state index contributed by atoms with van der Waals surface area (Å²) in [6.07, 6.45) is 3.76. The molecule has 0 saturated heterocycles. The van der Waals surface area contributed by atoms with Gasteiger partial charge in [-0.05, 0) is 12.8 Å². The summed E-state index contributed by atoms with van der Waals surface area (Å²) in [6, 6.07) is 0. The zero-order valence-corrected chi connectivity index (χ0v) is 12.1. The van der Waals surface area contributed by atoms with Crippen LogP contribution in [0.4, 0.5) is 5.13 Å². The van der Waals surface area contributed by atoms with E-state index in [0.717, 1.165) is 17.7 Å². The molecule has 0 unspecified atom stereocenters. The topological polar surface area (TPSA) is 42.0 Å². The Kier molecular flexibility index (Phi) is 3.36. The SMILES string of the molecule is C[Si](C)(C)C#Cc1cnc(NC(=O)C2CC2)s1. The van der Waals surface area contributed by atoms with Crippen molar-refractivity contribution < 1.29 is 4.79 Å². The number of aromatic nitrogens is 1. The number of anilines is 1. The van der Waals surface area contributed by atoms with Gasteiger partial charge in [-0.15, -0.1) is 5.54 Å². The number of carbonyl (C=O) groups excluding carboxylic acids is 1. The molecule has 0 spiro atoms. The first kappa shape index (κ1) is 12.3. The third-order valence-electron chi connectivity index (χ3n) is 2.24. The molecule has 0 bridgehead atoms. The van der Waals surface area contributed by atoms with Gasteiger partial charge in [-0.2, -0.15) is 0 Å². The van der Waals surface area contributed by atoms with E-state index in [0.29, 0.717) is 5.13 Å². The first-order chi connectivity index (χ1) is 7.94. The van der Waals surface area contributed by atoms with Crippen LogP contribution in [0.3, 0.4) is 0 Å². The zero-order chi connectivity index (χ0) is 12.5. The van der Waals surface area contributed by atoms with Crippen LogP contribution in [0.25, 0.3) is 0 Å². The molecule has 0 aromatic carbocycles. The number of nitrogens with zero attached hydrogens (tertiary/aromatic N) is 1. The Hall–Kier alpha value is -1.12. The normalized spacial score (nSPS) is 15.0. The molecule has 1 N–H and O–H groups in total. The van der Waals surface area contributed by atoms with Gasteiger partial charge in [-0.3, -0.25) is 4.79 Å². The minimum atomic E-state index is -1.34. The van der Waals surface area contributed by atoms with E-state index in [4.69, 9.17) is 0 Å². The van der Waals surface area contributed by atoms with Crippen LogP contribution in [-0.4, -0.2) is 19.0 Å². The maximum absolute atomic E-state index is 11.5. The summed E-state index contributed by atoms with van der Waals surface area (Å²) in [6.45, 7) is 6.62. The Bertz CT molecular complexity index is 489. The Labute approximate surface area is 107 Å². The maximum atomic E-state index is 11.5. The van der Waals surface area contributed by atoms with Crippen LogP contribution < -0.4 is 5.32 Å². The predicted molar refractivity (Wildman–Crippen MR) is 73.7 cm³/mol. The van der Waals surface area contributed by atoms with Gasteiger partial charge in [0.25, 0.3) is 0 Å². The quantitative estimate of drug-likeness (QED) is 0.659. The number of rotatable bonds is 2. The molecular formula is C12H16N2OSSi. The molecule has 1 aliphatic carbocycles. The lowest BCUT2D eigenvalue weighted by molar-refractivity contribution is -0.117. The van der Waals surface area contributed by atoms with E-state index in [1.165, 1.54) is 11.3 Å². The first-order valence-corrected chi connectivity index (χ1v) is 10.1. The van der Waals surface area contributed by atoms with Gasteiger partial charge in [0.05, 0.1) is 11.1 Å². The number of amides is 1. The summed E-state index contributed by atoms with van der Waals surface area (Å²) < 4.78 is 0. The Morgan fingerprint density at radius 3 is 2.82 bits per heavy atom. The van der Waals surface area contributed by atoms with E-state index < -0.39 is 8.07 Å². The van der Waals surface area contributed by atoms with Gasteiger partial charge >= 0.3 is 0 Å². The summed E-state index contributed by atoms with van der Waals surface area (Å²) in [7, 11) is -1.34. The number of nitrogens with one attached hydrogen (secondary N) is 1. The highest BCUT2D eigenvalue weighted by atomic mass is 32.1. The van der Waals surface area contributed by atoms with Crippen molar-refractivity contribution in [1.29, 1.82) is 0 Å². The fourth-order valence-corrected chi connectivity index (χ4v) is 2.46. The second-order valence-electron chi connectivity index (χ2n) is 5.29. The summed E-state index contributed by atoms with van der Waals surface area (Å²) in [5.41, 5.74) is 3.29. The Morgan fingerprint density at radius 2 is 2.24 bits per heavy atom. The molecular weight excluding hydrogens is 248 g/mol. The summed E-state index contributed by atoms with van der Waals surface area (Å²) in [5, 5.41) is 3.50. The van der Waals surface area contributed by atoms with Crippen LogP contribution in [0.5, 0.6) is 0 Å².